The van der Waals surface area contributed by atoms with Crippen LogP contribution in [0.25, 0.3) is 0 Å². The molecule has 0 fully saturated rings. The van der Waals surface area contributed by atoms with E-state index in [1.54, 1.807) is 6.92 Å². The minimum Gasteiger partial charge on any atom is -0.302 e. The quantitative estimate of drug-likeness (QED) is 0.668. The summed E-state index contributed by atoms with van der Waals surface area (Å²) in [5.74, 6) is -1.33. The van der Waals surface area contributed by atoms with E-state index in [0.29, 0.717) is 11.8 Å². The summed E-state index contributed by atoms with van der Waals surface area (Å²) in [5, 5.41) is 0. The molecule has 0 spiro atoms. The fraction of sp³-hybridized carbons (Fsp3) is 0.364. The molecule has 0 atom stereocenters. The zero-order valence-corrected chi connectivity index (χ0v) is 8.40. The lowest BCUT2D eigenvalue weighted by Crippen LogP contribution is -2.22. The van der Waals surface area contributed by atoms with Crippen molar-refractivity contribution in [2.45, 2.75) is 26.2 Å². The van der Waals surface area contributed by atoms with Gasteiger partial charge < -0.3 is 4.79 Å². The number of aldehydes is 1. The van der Waals surface area contributed by atoms with Gasteiger partial charge in [-0.1, -0.05) is 0 Å². The van der Waals surface area contributed by atoms with Crippen LogP contribution >= 0.6 is 0 Å². The largest absolute Gasteiger partial charge is 0.302 e. The summed E-state index contributed by atoms with van der Waals surface area (Å²) in [6.45, 7) is 4.57. The van der Waals surface area contributed by atoms with Crippen molar-refractivity contribution in [1.82, 2.24) is 0 Å². The third-order valence-electron chi connectivity index (χ3n) is 2.13. The molecule has 0 aromatic heterocycles. The van der Waals surface area contributed by atoms with Crippen LogP contribution < -0.4 is 0 Å². The van der Waals surface area contributed by atoms with Crippen LogP contribution in [-0.2, 0) is 10.2 Å². The molecule has 1 rings (SSSR count). The summed E-state index contributed by atoms with van der Waals surface area (Å²) in [5.41, 5.74) is -0.787. The van der Waals surface area contributed by atoms with Crippen molar-refractivity contribution in [1.29, 1.82) is 0 Å². The van der Waals surface area contributed by atoms with Crippen LogP contribution in [0.2, 0.25) is 0 Å². The highest BCUT2D eigenvalue weighted by Gasteiger charge is 2.27. The number of hydrogen-bond donors (Lipinski definition) is 0. The molecule has 0 aliphatic carbocycles. The van der Waals surface area contributed by atoms with E-state index in [1.165, 1.54) is 26.0 Å². The number of carbonyl (C=O) groups excluding carboxylic acids is 1. The standard InChI is InChI=1S/C11H12F2O/c1-7-4-8(12)10(9(13)5-7)11(2,3)6-14/h4-6H,1-3H3. The highest BCUT2D eigenvalue weighted by atomic mass is 19.1. The van der Waals surface area contributed by atoms with Crippen LogP contribution in [0.15, 0.2) is 12.1 Å². The Hall–Kier alpha value is -1.25. The second-order valence-corrected chi connectivity index (χ2v) is 3.94. The van der Waals surface area contributed by atoms with Gasteiger partial charge in [0.05, 0.1) is 5.41 Å². The molecular weight excluding hydrogens is 186 g/mol. The van der Waals surface area contributed by atoms with E-state index in [0.717, 1.165) is 0 Å². The second-order valence-electron chi connectivity index (χ2n) is 3.94. The van der Waals surface area contributed by atoms with Gasteiger partial charge in [0.15, 0.2) is 0 Å². The SMILES string of the molecule is Cc1cc(F)c(C(C)(C)C=O)c(F)c1. The average molecular weight is 198 g/mol. The molecule has 0 unspecified atom stereocenters. The maximum Gasteiger partial charge on any atom is 0.130 e. The first-order valence-electron chi connectivity index (χ1n) is 4.31. The van der Waals surface area contributed by atoms with Crippen molar-refractivity contribution in [3.05, 3.63) is 34.9 Å². The van der Waals surface area contributed by atoms with Gasteiger partial charge in [-0.2, -0.15) is 0 Å². The van der Waals surface area contributed by atoms with Gasteiger partial charge in [0.25, 0.3) is 0 Å². The molecule has 0 saturated heterocycles. The first kappa shape index (κ1) is 10.8. The minimum absolute atomic E-state index is 0.168. The van der Waals surface area contributed by atoms with Gasteiger partial charge in [-0.25, -0.2) is 8.78 Å². The van der Waals surface area contributed by atoms with Crippen molar-refractivity contribution in [2.24, 2.45) is 0 Å². The molecule has 3 heteroatoms. The van der Waals surface area contributed by atoms with Crippen molar-refractivity contribution in [2.75, 3.05) is 0 Å². The van der Waals surface area contributed by atoms with Crippen LogP contribution in [0.5, 0.6) is 0 Å². The Morgan fingerprint density at radius 3 is 2.00 bits per heavy atom. The van der Waals surface area contributed by atoms with Gasteiger partial charge in [0, 0.05) is 5.56 Å². The van der Waals surface area contributed by atoms with Crippen LogP contribution in [0, 0.1) is 18.6 Å². The number of hydrogen-bond acceptors (Lipinski definition) is 1. The number of halogens is 2. The molecule has 14 heavy (non-hydrogen) atoms. The lowest BCUT2D eigenvalue weighted by molar-refractivity contribution is -0.111. The van der Waals surface area contributed by atoms with E-state index in [-0.39, 0.29) is 5.56 Å². The topological polar surface area (TPSA) is 17.1 Å². The third-order valence-corrected chi connectivity index (χ3v) is 2.13. The number of aryl methyl sites for hydroxylation is 1. The molecule has 1 aromatic carbocycles. The van der Waals surface area contributed by atoms with Gasteiger partial charge in [0.2, 0.25) is 0 Å². The smallest absolute Gasteiger partial charge is 0.130 e. The fourth-order valence-electron chi connectivity index (χ4n) is 1.37. The van der Waals surface area contributed by atoms with E-state index in [4.69, 9.17) is 0 Å². The summed E-state index contributed by atoms with van der Waals surface area (Å²) in [6.07, 6.45) is 0.545. The van der Waals surface area contributed by atoms with E-state index in [9.17, 15) is 13.6 Å². The summed E-state index contributed by atoms with van der Waals surface area (Å²) in [7, 11) is 0. The van der Waals surface area contributed by atoms with Crippen molar-refractivity contribution < 1.29 is 13.6 Å². The molecule has 0 aliphatic heterocycles. The van der Waals surface area contributed by atoms with Gasteiger partial charge in [0.1, 0.15) is 17.9 Å². The van der Waals surface area contributed by atoms with Gasteiger partial charge in [-0.3, -0.25) is 0 Å². The first-order chi connectivity index (χ1) is 6.38. The fourth-order valence-corrected chi connectivity index (χ4v) is 1.37. The van der Waals surface area contributed by atoms with Crippen LogP contribution in [0.3, 0.4) is 0 Å². The number of benzene rings is 1. The van der Waals surface area contributed by atoms with Crippen molar-refractivity contribution in [3.8, 4) is 0 Å². The molecule has 0 aliphatic rings. The van der Waals surface area contributed by atoms with Crippen molar-refractivity contribution in [3.63, 3.8) is 0 Å². The molecular formula is C11H12F2O. The van der Waals surface area contributed by atoms with Gasteiger partial charge in [-0.15, -0.1) is 0 Å². The summed E-state index contributed by atoms with van der Waals surface area (Å²) >= 11 is 0. The Bertz CT molecular complexity index is 347. The molecule has 76 valence electrons. The molecule has 1 nitrogen and oxygen atoms in total. The van der Waals surface area contributed by atoms with Crippen molar-refractivity contribution >= 4 is 6.29 Å². The van der Waals surface area contributed by atoms with E-state index >= 15 is 0 Å². The highest BCUT2D eigenvalue weighted by molar-refractivity contribution is 5.67. The molecule has 0 saturated carbocycles. The van der Waals surface area contributed by atoms with Gasteiger partial charge >= 0.3 is 0 Å². The number of rotatable bonds is 2. The molecule has 0 bridgehead atoms. The maximum atomic E-state index is 13.4. The molecule has 0 radical (unpaired) electrons. The Kier molecular flexibility index (Phi) is 2.69. The van der Waals surface area contributed by atoms with Crippen LogP contribution in [-0.4, -0.2) is 6.29 Å². The molecule has 1 aromatic rings. The Morgan fingerprint density at radius 2 is 1.64 bits per heavy atom. The lowest BCUT2D eigenvalue weighted by Gasteiger charge is -2.19. The second kappa shape index (κ2) is 3.48. The Labute approximate surface area is 81.7 Å². The molecule has 0 N–H and O–H groups in total. The minimum atomic E-state index is -1.12. The molecule has 0 heterocycles. The summed E-state index contributed by atoms with van der Waals surface area (Å²) < 4.78 is 26.8. The zero-order chi connectivity index (χ0) is 10.9. The van der Waals surface area contributed by atoms with Gasteiger partial charge in [-0.05, 0) is 38.5 Å². The molecule has 0 amide bonds. The third kappa shape index (κ3) is 1.81. The average Bonchev–Trinajstić information content (AvgIpc) is 2.01. The summed E-state index contributed by atoms with van der Waals surface area (Å²) in [4.78, 5) is 10.7. The van der Waals surface area contributed by atoms with Crippen LogP contribution in [0.4, 0.5) is 8.78 Å². The lowest BCUT2D eigenvalue weighted by atomic mass is 9.85. The Balaban J connectivity index is 3.42. The maximum absolute atomic E-state index is 13.4. The van der Waals surface area contributed by atoms with E-state index in [2.05, 4.69) is 0 Å². The normalized spacial score (nSPS) is 11.5. The zero-order valence-electron chi connectivity index (χ0n) is 8.40. The van der Waals surface area contributed by atoms with E-state index in [1.807, 2.05) is 0 Å². The van der Waals surface area contributed by atoms with E-state index < -0.39 is 17.0 Å². The summed E-state index contributed by atoms with van der Waals surface area (Å²) in [6, 6.07) is 2.45. The first-order valence-corrected chi connectivity index (χ1v) is 4.31. The Morgan fingerprint density at radius 1 is 1.21 bits per heavy atom. The highest BCUT2D eigenvalue weighted by Crippen LogP contribution is 2.27. The monoisotopic (exact) mass is 198 g/mol. The predicted octanol–water partition coefficient (Wildman–Crippen LogP) is 2.75. The predicted molar refractivity (Wildman–Crippen MR) is 50.2 cm³/mol. The number of carbonyl (C=O) groups is 1. The van der Waals surface area contributed by atoms with Crippen LogP contribution in [0.1, 0.15) is 25.0 Å².